The summed E-state index contributed by atoms with van der Waals surface area (Å²) in [6, 6.07) is 7.90. The summed E-state index contributed by atoms with van der Waals surface area (Å²) in [7, 11) is 0. The van der Waals surface area contributed by atoms with E-state index in [0.717, 1.165) is 10.9 Å². The molecule has 1 aromatic heterocycles. The lowest BCUT2D eigenvalue weighted by molar-refractivity contribution is 0.455. The Bertz CT molecular complexity index is 516. The first-order valence-corrected chi connectivity index (χ1v) is 6.74. The SMILES string of the molecule is Fc1ccc(Br)c(Oc2ccc(CBr)cn2)c1. The summed E-state index contributed by atoms with van der Waals surface area (Å²) in [5, 5.41) is 0.740. The minimum Gasteiger partial charge on any atom is -0.438 e. The molecule has 88 valence electrons. The van der Waals surface area contributed by atoms with Crippen LogP contribution < -0.4 is 4.74 Å². The first kappa shape index (κ1) is 12.5. The molecule has 2 rings (SSSR count). The highest BCUT2D eigenvalue weighted by molar-refractivity contribution is 9.10. The van der Waals surface area contributed by atoms with Gasteiger partial charge in [0.2, 0.25) is 5.88 Å². The lowest BCUT2D eigenvalue weighted by Crippen LogP contribution is -1.90. The number of aromatic nitrogens is 1. The molecule has 0 saturated carbocycles. The lowest BCUT2D eigenvalue weighted by atomic mass is 10.3. The van der Waals surface area contributed by atoms with E-state index in [2.05, 4.69) is 36.8 Å². The van der Waals surface area contributed by atoms with Crippen LogP contribution in [0.3, 0.4) is 0 Å². The van der Waals surface area contributed by atoms with E-state index in [1.54, 1.807) is 18.3 Å². The van der Waals surface area contributed by atoms with Crippen molar-refractivity contribution in [2.24, 2.45) is 0 Å². The standard InChI is InChI=1S/C12H8Br2FNO/c13-6-8-1-4-12(16-7-8)17-11-5-9(15)2-3-10(11)14/h1-5,7H,6H2. The number of rotatable bonds is 3. The molecule has 0 bridgehead atoms. The predicted molar refractivity (Wildman–Crippen MR) is 71.0 cm³/mol. The van der Waals surface area contributed by atoms with Crippen molar-refractivity contribution in [3.05, 3.63) is 52.4 Å². The molecular weight excluding hydrogens is 353 g/mol. The Kier molecular flexibility index (Phi) is 4.12. The average Bonchev–Trinajstić information content (AvgIpc) is 2.35. The predicted octanol–water partition coefficient (Wildman–Crippen LogP) is 4.67. The van der Waals surface area contributed by atoms with Gasteiger partial charge in [0.1, 0.15) is 11.6 Å². The van der Waals surface area contributed by atoms with Gasteiger partial charge in [0.15, 0.2) is 0 Å². The molecule has 0 aliphatic rings. The Labute approximate surface area is 115 Å². The van der Waals surface area contributed by atoms with Crippen LogP contribution in [-0.2, 0) is 5.33 Å². The fourth-order valence-corrected chi connectivity index (χ4v) is 1.88. The topological polar surface area (TPSA) is 22.1 Å². The minimum atomic E-state index is -0.347. The summed E-state index contributed by atoms with van der Waals surface area (Å²) in [4.78, 5) is 4.12. The molecular formula is C12H8Br2FNO. The van der Waals surface area contributed by atoms with Crippen molar-refractivity contribution in [3.63, 3.8) is 0 Å². The van der Waals surface area contributed by atoms with Crippen LogP contribution in [0.2, 0.25) is 0 Å². The molecule has 0 unspecified atom stereocenters. The normalized spacial score (nSPS) is 10.3. The summed E-state index contributed by atoms with van der Waals surface area (Å²) in [6.07, 6.45) is 1.71. The van der Waals surface area contributed by atoms with Crippen molar-refractivity contribution in [2.45, 2.75) is 5.33 Å². The van der Waals surface area contributed by atoms with E-state index >= 15 is 0 Å². The van der Waals surface area contributed by atoms with Crippen LogP contribution in [0.25, 0.3) is 0 Å². The second-order valence-electron chi connectivity index (χ2n) is 3.32. The molecule has 0 N–H and O–H groups in total. The van der Waals surface area contributed by atoms with Gasteiger partial charge in [-0.2, -0.15) is 0 Å². The monoisotopic (exact) mass is 359 g/mol. The Morgan fingerprint density at radius 1 is 1.24 bits per heavy atom. The van der Waals surface area contributed by atoms with E-state index in [1.165, 1.54) is 12.1 Å². The highest BCUT2D eigenvalue weighted by Crippen LogP contribution is 2.29. The first-order chi connectivity index (χ1) is 8.19. The summed E-state index contributed by atoms with van der Waals surface area (Å²) >= 11 is 6.62. The first-order valence-electron chi connectivity index (χ1n) is 4.83. The van der Waals surface area contributed by atoms with Gasteiger partial charge in [-0.05, 0) is 33.6 Å². The van der Waals surface area contributed by atoms with Crippen molar-refractivity contribution in [3.8, 4) is 11.6 Å². The third-order valence-corrected chi connectivity index (χ3v) is 3.36. The Hall–Kier alpha value is -0.940. The van der Waals surface area contributed by atoms with Crippen LogP contribution in [0.1, 0.15) is 5.56 Å². The molecule has 0 saturated heterocycles. The molecule has 1 heterocycles. The summed E-state index contributed by atoms with van der Waals surface area (Å²) < 4.78 is 19.2. The van der Waals surface area contributed by atoms with Gasteiger partial charge < -0.3 is 4.74 Å². The number of pyridine rings is 1. The molecule has 0 atom stereocenters. The molecule has 0 fully saturated rings. The van der Waals surface area contributed by atoms with Crippen LogP contribution in [0.4, 0.5) is 4.39 Å². The average molecular weight is 361 g/mol. The number of benzene rings is 1. The minimum absolute atomic E-state index is 0.347. The smallest absolute Gasteiger partial charge is 0.219 e. The van der Waals surface area contributed by atoms with E-state index in [1.807, 2.05) is 6.07 Å². The zero-order valence-corrected chi connectivity index (χ0v) is 11.8. The summed E-state index contributed by atoms with van der Waals surface area (Å²) in [5.41, 5.74) is 1.05. The Morgan fingerprint density at radius 2 is 2.06 bits per heavy atom. The maximum Gasteiger partial charge on any atom is 0.219 e. The van der Waals surface area contributed by atoms with Crippen molar-refractivity contribution in [2.75, 3.05) is 0 Å². The van der Waals surface area contributed by atoms with Crippen LogP contribution in [0.5, 0.6) is 11.6 Å². The van der Waals surface area contributed by atoms with E-state index in [0.29, 0.717) is 16.1 Å². The number of nitrogens with zero attached hydrogens (tertiary/aromatic N) is 1. The van der Waals surface area contributed by atoms with Gasteiger partial charge in [0, 0.05) is 23.7 Å². The Morgan fingerprint density at radius 3 is 2.71 bits per heavy atom. The van der Waals surface area contributed by atoms with Crippen molar-refractivity contribution >= 4 is 31.9 Å². The quantitative estimate of drug-likeness (QED) is 0.742. The number of halogens is 3. The molecule has 0 aliphatic heterocycles. The van der Waals surface area contributed by atoms with Crippen LogP contribution in [0.15, 0.2) is 41.0 Å². The third kappa shape index (κ3) is 3.26. The number of hydrogen-bond donors (Lipinski definition) is 0. The molecule has 0 aliphatic carbocycles. The molecule has 2 nitrogen and oxygen atoms in total. The maximum atomic E-state index is 13.0. The molecule has 0 amide bonds. The molecule has 2 aromatic rings. The molecule has 0 radical (unpaired) electrons. The highest BCUT2D eigenvalue weighted by Gasteiger charge is 2.05. The lowest BCUT2D eigenvalue weighted by Gasteiger charge is -2.07. The largest absolute Gasteiger partial charge is 0.438 e. The van der Waals surface area contributed by atoms with Crippen molar-refractivity contribution in [1.29, 1.82) is 0 Å². The van der Waals surface area contributed by atoms with E-state index in [-0.39, 0.29) is 5.82 Å². The third-order valence-electron chi connectivity index (χ3n) is 2.06. The number of ether oxygens (including phenoxy) is 1. The fourth-order valence-electron chi connectivity index (χ4n) is 1.22. The number of hydrogen-bond acceptors (Lipinski definition) is 2. The van der Waals surface area contributed by atoms with Gasteiger partial charge in [-0.3, -0.25) is 0 Å². The zero-order chi connectivity index (χ0) is 12.3. The van der Waals surface area contributed by atoms with Gasteiger partial charge in [-0.1, -0.05) is 22.0 Å². The Balaban J connectivity index is 2.22. The van der Waals surface area contributed by atoms with Crippen molar-refractivity contribution in [1.82, 2.24) is 4.98 Å². The van der Waals surface area contributed by atoms with Gasteiger partial charge in [0.05, 0.1) is 4.47 Å². The second-order valence-corrected chi connectivity index (χ2v) is 4.73. The van der Waals surface area contributed by atoms with E-state index < -0.39 is 0 Å². The summed E-state index contributed by atoms with van der Waals surface area (Å²) in [6.45, 7) is 0. The van der Waals surface area contributed by atoms with Crippen molar-refractivity contribution < 1.29 is 9.13 Å². The van der Waals surface area contributed by atoms with Gasteiger partial charge in [-0.25, -0.2) is 9.37 Å². The zero-order valence-electron chi connectivity index (χ0n) is 8.66. The van der Waals surface area contributed by atoms with Crippen LogP contribution >= 0.6 is 31.9 Å². The molecule has 0 spiro atoms. The second kappa shape index (κ2) is 5.60. The van der Waals surface area contributed by atoms with Gasteiger partial charge >= 0.3 is 0 Å². The van der Waals surface area contributed by atoms with E-state index in [9.17, 15) is 4.39 Å². The molecule has 5 heteroatoms. The fraction of sp³-hybridized carbons (Fsp3) is 0.0833. The molecule has 17 heavy (non-hydrogen) atoms. The molecule has 1 aromatic carbocycles. The summed E-state index contributed by atoms with van der Waals surface area (Å²) in [5.74, 6) is 0.491. The van der Waals surface area contributed by atoms with E-state index in [4.69, 9.17) is 4.74 Å². The van der Waals surface area contributed by atoms with Gasteiger partial charge in [0.25, 0.3) is 0 Å². The van der Waals surface area contributed by atoms with Crippen LogP contribution in [-0.4, -0.2) is 4.98 Å². The van der Waals surface area contributed by atoms with Crippen LogP contribution in [0, 0.1) is 5.82 Å². The van der Waals surface area contributed by atoms with Gasteiger partial charge in [-0.15, -0.1) is 0 Å². The maximum absolute atomic E-state index is 13.0. The number of alkyl halides is 1. The highest BCUT2D eigenvalue weighted by atomic mass is 79.9.